The van der Waals surface area contributed by atoms with Crippen LogP contribution in [-0.2, 0) is 0 Å². The van der Waals surface area contributed by atoms with E-state index in [0.717, 1.165) is 0 Å². The minimum Gasteiger partial charge on any atom is -0.0622 e. The third-order valence-electron chi connectivity index (χ3n) is 8.04. The number of fused-ring (bicyclic) bond motifs is 5. The third kappa shape index (κ3) is 3.11. The number of benzene rings is 7. The maximum Gasteiger partial charge on any atom is -0.00137 e. The molecule has 1 aliphatic rings. The Morgan fingerprint density at radius 1 is 0.237 bits per heavy atom. The number of rotatable bonds is 3. The van der Waals surface area contributed by atoms with Crippen molar-refractivity contribution in [2.45, 2.75) is 0 Å². The van der Waals surface area contributed by atoms with Gasteiger partial charge in [-0.05, 0) is 77.2 Å². The van der Waals surface area contributed by atoms with Crippen molar-refractivity contribution in [1.29, 1.82) is 0 Å². The average molecular weight is 481 g/mol. The first-order valence-electron chi connectivity index (χ1n) is 13.2. The molecule has 0 N–H and O–H groups in total. The van der Waals surface area contributed by atoms with Crippen LogP contribution in [0.1, 0.15) is 0 Å². The molecule has 0 bridgehead atoms. The highest BCUT2D eigenvalue weighted by atomic mass is 14.3. The van der Waals surface area contributed by atoms with E-state index in [0.29, 0.717) is 0 Å². The molecule has 38 heavy (non-hydrogen) atoms. The monoisotopic (exact) mass is 480 g/mol. The van der Waals surface area contributed by atoms with Crippen LogP contribution in [0.5, 0.6) is 0 Å². The molecule has 0 nitrogen and oxygen atoms in total. The average Bonchev–Trinajstić information content (AvgIpc) is 3.34. The molecule has 0 saturated carbocycles. The Balaban J connectivity index is 1.28. The van der Waals surface area contributed by atoms with E-state index >= 15 is 0 Å². The van der Waals surface area contributed by atoms with Crippen LogP contribution >= 0.6 is 0 Å². The summed E-state index contributed by atoms with van der Waals surface area (Å²) < 4.78 is 0. The van der Waals surface area contributed by atoms with Gasteiger partial charge in [-0.2, -0.15) is 0 Å². The van der Waals surface area contributed by atoms with Crippen molar-refractivity contribution >= 4 is 21.5 Å². The summed E-state index contributed by atoms with van der Waals surface area (Å²) in [6.45, 7) is 0. The molecule has 0 aliphatic heterocycles. The zero-order valence-electron chi connectivity index (χ0n) is 20.9. The second kappa shape index (κ2) is 8.30. The third-order valence-corrected chi connectivity index (χ3v) is 8.04. The Bertz CT molecular complexity index is 1980. The van der Waals surface area contributed by atoms with Crippen molar-refractivity contribution in [3.05, 3.63) is 146 Å². The first kappa shape index (κ1) is 21.2. The van der Waals surface area contributed by atoms with Crippen LogP contribution in [0, 0.1) is 0 Å². The Hall–Kier alpha value is -4.94. The second-order valence-electron chi connectivity index (χ2n) is 10.1. The van der Waals surface area contributed by atoms with Crippen LogP contribution in [0.2, 0.25) is 0 Å². The maximum absolute atomic E-state index is 2.30. The van der Waals surface area contributed by atoms with Gasteiger partial charge in [-0.15, -0.1) is 0 Å². The summed E-state index contributed by atoms with van der Waals surface area (Å²) in [6, 6.07) is 53.1. The minimum absolute atomic E-state index is 1.23. The lowest BCUT2D eigenvalue weighted by atomic mass is 9.87. The van der Waals surface area contributed by atoms with Crippen LogP contribution in [-0.4, -0.2) is 0 Å². The molecule has 0 saturated heterocycles. The van der Waals surface area contributed by atoms with Gasteiger partial charge in [0, 0.05) is 0 Å². The van der Waals surface area contributed by atoms with Crippen LogP contribution in [0.3, 0.4) is 0 Å². The topological polar surface area (TPSA) is 0 Å². The van der Waals surface area contributed by atoms with Gasteiger partial charge in [-0.25, -0.2) is 0 Å². The summed E-state index contributed by atoms with van der Waals surface area (Å²) in [5.74, 6) is 0. The van der Waals surface area contributed by atoms with E-state index in [1.807, 2.05) is 0 Å². The van der Waals surface area contributed by atoms with E-state index in [-0.39, 0.29) is 0 Å². The fourth-order valence-corrected chi connectivity index (χ4v) is 6.30. The predicted molar refractivity (Wildman–Crippen MR) is 162 cm³/mol. The van der Waals surface area contributed by atoms with E-state index in [4.69, 9.17) is 0 Å². The van der Waals surface area contributed by atoms with E-state index in [2.05, 4.69) is 146 Å². The molecule has 0 atom stereocenters. The molecule has 7 aromatic carbocycles. The fourth-order valence-electron chi connectivity index (χ4n) is 6.30. The first-order valence-corrected chi connectivity index (χ1v) is 13.2. The smallest absolute Gasteiger partial charge is 0.00137 e. The molecule has 7 aromatic rings. The normalized spacial score (nSPS) is 11.7. The van der Waals surface area contributed by atoms with Gasteiger partial charge in [0.05, 0.1) is 0 Å². The SMILES string of the molecule is c1ccc(-c2ccc(-c3ccc(-c4c5ccccc5c5c6c(cccc46)-c4ccccc4-5)cc3)cc2)cc1. The van der Waals surface area contributed by atoms with Crippen molar-refractivity contribution in [3.63, 3.8) is 0 Å². The minimum atomic E-state index is 1.23. The Labute approximate surface area is 222 Å². The quantitative estimate of drug-likeness (QED) is 0.221. The molecule has 0 amide bonds. The predicted octanol–water partition coefficient (Wildman–Crippen LogP) is 10.6. The Kier molecular flexibility index (Phi) is 4.62. The molecule has 0 aromatic heterocycles. The highest BCUT2D eigenvalue weighted by Gasteiger charge is 2.25. The number of hydrogen-bond donors (Lipinski definition) is 0. The molecule has 1 aliphatic carbocycles. The van der Waals surface area contributed by atoms with Gasteiger partial charge in [0.25, 0.3) is 0 Å². The lowest BCUT2D eigenvalue weighted by Crippen LogP contribution is -1.88. The molecule has 0 heteroatoms. The Morgan fingerprint density at radius 2 is 0.684 bits per heavy atom. The highest BCUT2D eigenvalue weighted by molar-refractivity contribution is 6.29. The van der Waals surface area contributed by atoms with Crippen molar-refractivity contribution in [1.82, 2.24) is 0 Å². The first-order chi connectivity index (χ1) is 18.9. The molecule has 0 unspecified atom stereocenters. The highest BCUT2D eigenvalue weighted by Crippen LogP contribution is 2.53. The molecule has 0 spiro atoms. The lowest BCUT2D eigenvalue weighted by Gasteiger charge is -2.16. The summed E-state index contributed by atoms with van der Waals surface area (Å²) in [6.07, 6.45) is 0. The standard InChI is InChI=1S/C38H24/c1-2-9-25(10-3-1)26-17-19-27(20-18-26)28-21-23-29(24-22-28)36-33-13-6-7-14-34(33)37-31-12-5-4-11-30(31)32-15-8-16-35(36)38(32)37/h1-24H. The van der Waals surface area contributed by atoms with E-state index < -0.39 is 0 Å². The molecule has 0 heterocycles. The van der Waals surface area contributed by atoms with Crippen LogP contribution < -0.4 is 0 Å². The van der Waals surface area contributed by atoms with Crippen LogP contribution in [0.4, 0.5) is 0 Å². The van der Waals surface area contributed by atoms with Gasteiger partial charge in [-0.1, -0.05) is 146 Å². The van der Waals surface area contributed by atoms with Gasteiger partial charge >= 0.3 is 0 Å². The molecule has 8 rings (SSSR count). The lowest BCUT2D eigenvalue weighted by molar-refractivity contribution is 1.59. The fraction of sp³-hybridized carbons (Fsp3) is 0. The summed E-state index contributed by atoms with van der Waals surface area (Å²) in [5, 5.41) is 5.34. The largest absolute Gasteiger partial charge is 0.0622 e. The van der Waals surface area contributed by atoms with Gasteiger partial charge < -0.3 is 0 Å². The van der Waals surface area contributed by atoms with E-state index in [1.54, 1.807) is 0 Å². The van der Waals surface area contributed by atoms with Gasteiger partial charge in [0.2, 0.25) is 0 Å². The van der Waals surface area contributed by atoms with Crippen LogP contribution in [0.25, 0.3) is 77.2 Å². The van der Waals surface area contributed by atoms with Gasteiger partial charge in [0.15, 0.2) is 0 Å². The second-order valence-corrected chi connectivity index (χ2v) is 10.1. The van der Waals surface area contributed by atoms with Crippen molar-refractivity contribution in [3.8, 4) is 55.6 Å². The molecule has 0 radical (unpaired) electrons. The summed E-state index contributed by atoms with van der Waals surface area (Å²) in [4.78, 5) is 0. The molecular weight excluding hydrogens is 456 g/mol. The van der Waals surface area contributed by atoms with Crippen LogP contribution in [0.15, 0.2) is 146 Å². The van der Waals surface area contributed by atoms with Crippen molar-refractivity contribution in [2.75, 3.05) is 0 Å². The van der Waals surface area contributed by atoms with Crippen molar-refractivity contribution in [2.24, 2.45) is 0 Å². The van der Waals surface area contributed by atoms with Gasteiger partial charge in [-0.3, -0.25) is 0 Å². The van der Waals surface area contributed by atoms with Gasteiger partial charge in [0.1, 0.15) is 0 Å². The number of hydrogen-bond acceptors (Lipinski definition) is 0. The Morgan fingerprint density at radius 3 is 1.34 bits per heavy atom. The van der Waals surface area contributed by atoms with E-state index in [9.17, 15) is 0 Å². The molecular formula is C38H24. The zero-order valence-corrected chi connectivity index (χ0v) is 20.9. The van der Waals surface area contributed by atoms with E-state index in [1.165, 1.54) is 77.2 Å². The zero-order chi connectivity index (χ0) is 25.1. The summed E-state index contributed by atoms with van der Waals surface area (Å²) >= 11 is 0. The molecule has 0 fully saturated rings. The molecule has 176 valence electrons. The maximum atomic E-state index is 2.30. The summed E-state index contributed by atoms with van der Waals surface area (Å²) in [7, 11) is 0. The summed E-state index contributed by atoms with van der Waals surface area (Å²) in [5.41, 5.74) is 12.9. The van der Waals surface area contributed by atoms with Crippen molar-refractivity contribution < 1.29 is 0 Å².